The Morgan fingerprint density at radius 3 is 2.90 bits per heavy atom. The molecule has 5 nitrogen and oxygen atoms in total. The number of aromatic nitrogens is 2. The first-order valence-corrected chi connectivity index (χ1v) is 6.91. The summed E-state index contributed by atoms with van der Waals surface area (Å²) < 4.78 is 1.83. The maximum absolute atomic E-state index is 11.6. The average molecular weight is 270 g/mol. The van der Waals surface area contributed by atoms with Crippen LogP contribution in [0, 0.1) is 0 Å². The molecule has 0 aliphatic heterocycles. The Hall–Kier alpha value is -2.14. The molecule has 1 saturated carbocycles. The molecule has 5 heteroatoms. The van der Waals surface area contributed by atoms with Gasteiger partial charge in [-0.1, -0.05) is 18.2 Å². The van der Waals surface area contributed by atoms with Gasteiger partial charge >= 0.3 is 0 Å². The van der Waals surface area contributed by atoms with Gasteiger partial charge in [-0.2, -0.15) is 5.10 Å². The lowest BCUT2D eigenvalue weighted by atomic mass is 10.2. The van der Waals surface area contributed by atoms with E-state index in [1.807, 2.05) is 41.2 Å². The lowest BCUT2D eigenvalue weighted by Gasteiger charge is -2.10. The van der Waals surface area contributed by atoms with E-state index in [1.54, 1.807) is 6.20 Å². The number of benzene rings is 1. The summed E-state index contributed by atoms with van der Waals surface area (Å²) in [4.78, 5) is 11.6. The largest absolute Gasteiger partial charge is 0.352 e. The van der Waals surface area contributed by atoms with Crippen LogP contribution in [0.4, 0.5) is 0 Å². The van der Waals surface area contributed by atoms with Crippen LogP contribution >= 0.6 is 0 Å². The zero-order valence-electron chi connectivity index (χ0n) is 11.2. The van der Waals surface area contributed by atoms with Gasteiger partial charge in [0.25, 0.3) is 0 Å². The molecule has 1 amide bonds. The van der Waals surface area contributed by atoms with E-state index in [2.05, 4.69) is 15.7 Å². The van der Waals surface area contributed by atoms with Crippen molar-refractivity contribution in [2.75, 3.05) is 6.54 Å². The van der Waals surface area contributed by atoms with Gasteiger partial charge in [0.15, 0.2) is 0 Å². The highest BCUT2D eigenvalue weighted by Gasteiger charge is 2.22. The summed E-state index contributed by atoms with van der Waals surface area (Å²) in [6.45, 7) is 0.998. The first-order valence-electron chi connectivity index (χ1n) is 6.91. The first-order chi connectivity index (χ1) is 9.83. The van der Waals surface area contributed by atoms with Crippen LogP contribution in [0.5, 0.6) is 0 Å². The molecular weight excluding hydrogens is 252 g/mol. The molecule has 0 spiro atoms. The molecule has 0 radical (unpaired) electrons. The van der Waals surface area contributed by atoms with E-state index in [-0.39, 0.29) is 5.91 Å². The Labute approximate surface area is 118 Å². The summed E-state index contributed by atoms with van der Waals surface area (Å²) >= 11 is 0. The van der Waals surface area contributed by atoms with Crippen molar-refractivity contribution >= 4 is 5.91 Å². The van der Waals surface area contributed by atoms with Gasteiger partial charge in [-0.3, -0.25) is 4.79 Å². The molecule has 1 aliphatic carbocycles. The molecule has 1 heterocycles. The van der Waals surface area contributed by atoms with Crippen LogP contribution in [0.3, 0.4) is 0 Å². The Morgan fingerprint density at radius 2 is 2.15 bits per heavy atom. The van der Waals surface area contributed by atoms with Crippen molar-refractivity contribution < 1.29 is 4.79 Å². The van der Waals surface area contributed by atoms with Crippen molar-refractivity contribution in [3.63, 3.8) is 0 Å². The van der Waals surface area contributed by atoms with E-state index < -0.39 is 0 Å². The standard InChI is InChI=1S/C15H18N4O/c20-15(18-13-6-7-13)11-16-10-12-4-1-2-5-14(12)19-9-3-8-17-19/h1-5,8-9,13,16H,6-7,10-11H2,(H,18,20). The number of para-hydroxylation sites is 1. The SMILES string of the molecule is O=C(CNCc1ccccc1-n1cccn1)NC1CC1. The van der Waals surface area contributed by atoms with Crippen molar-refractivity contribution in [3.05, 3.63) is 48.3 Å². The highest BCUT2D eigenvalue weighted by molar-refractivity contribution is 5.78. The fourth-order valence-electron chi connectivity index (χ4n) is 2.11. The molecule has 1 aliphatic rings. The van der Waals surface area contributed by atoms with Crippen LogP contribution in [0.25, 0.3) is 5.69 Å². The molecule has 0 saturated heterocycles. The first kappa shape index (κ1) is 12.9. The van der Waals surface area contributed by atoms with E-state index >= 15 is 0 Å². The van der Waals surface area contributed by atoms with Gasteiger partial charge in [-0.05, 0) is 30.5 Å². The summed E-state index contributed by atoms with van der Waals surface area (Å²) in [6, 6.07) is 10.4. The normalized spacial score (nSPS) is 14.2. The fourth-order valence-corrected chi connectivity index (χ4v) is 2.11. The lowest BCUT2D eigenvalue weighted by Crippen LogP contribution is -2.34. The summed E-state index contributed by atoms with van der Waals surface area (Å²) in [6.07, 6.45) is 5.91. The Morgan fingerprint density at radius 1 is 1.30 bits per heavy atom. The quantitative estimate of drug-likeness (QED) is 0.830. The number of carbonyl (C=O) groups is 1. The zero-order valence-corrected chi connectivity index (χ0v) is 11.2. The third-order valence-corrected chi connectivity index (χ3v) is 3.29. The third-order valence-electron chi connectivity index (χ3n) is 3.29. The van der Waals surface area contributed by atoms with E-state index in [9.17, 15) is 4.79 Å². The fraction of sp³-hybridized carbons (Fsp3) is 0.333. The minimum atomic E-state index is 0.0732. The number of hydrogen-bond acceptors (Lipinski definition) is 3. The number of amides is 1. The predicted octanol–water partition coefficient (Wildman–Crippen LogP) is 1.24. The van der Waals surface area contributed by atoms with Crippen molar-refractivity contribution in [2.24, 2.45) is 0 Å². The van der Waals surface area contributed by atoms with Gasteiger partial charge in [0.05, 0.1) is 12.2 Å². The van der Waals surface area contributed by atoms with Crippen LogP contribution in [0.15, 0.2) is 42.7 Å². The van der Waals surface area contributed by atoms with Crippen LogP contribution in [-0.4, -0.2) is 28.3 Å². The molecule has 104 valence electrons. The topological polar surface area (TPSA) is 59.0 Å². The average Bonchev–Trinajstić information content (AvgIpc) is 3.10. The Kier molecular flexibility index (Phi) is 3.78. The Bertz CT molecular complexity index is 575. The van der Waals surface area contributed by atoms with Crippen molar-refractivity contribution in [2.45, 2.75) is 25.4 Å². The van der Waals surface area contributed by atoms with Crippen LogP contribution in [0.1, 0.15) is 18.4 Å². The predicted molar refractivity (Wildman–Crippen MR) is 76.4 cm³/mol. The van der Waals surface area contributed by atoms with Gasteiger partial charge in [-0.15, -0.1) is 0 Å². The molecule has 0 bridgehead atoms. The van der Waals surface area contributed by atoms with Gasteiger partial charge in [0.2, 0.25) is 5.91 Å². The number of rotatable bonds is 6. The van der Waals surface area contributed by atoms with Gasteiger partial charge in [-0.25, -0.2) is 4.68 Å². The highest BCUT2D eigenvalue weighted by Crippen LogP contribution is 2.18. The van der Waals surface area contributed by atoms with Crippen molar-refractivity contribution in [3.8, 4) is 5.69 Å². The minimum absolute atomic E-state index is 0.0732. The molecule has 2 aromatic rings. The molecule has 0 atom stereocenters. The minimum Gasteiger partial charge on any atom is -0.352 e. The van der Waals surface area contributed by atoms with E-state index in [1.165, 1.54) is 0 Å². The van der Waals surface area contributed by atoms with Gasteiger partial charge < -0.3 is 10.6 Å². The smallest absolute Gasteiger partial charge is 0.234 e. The molecule has 2 N–H and O–H groups in total. The monoisotopic (exact) mass is 270 g/mol. The number of hydrogen-bond donors (Lipinski definition) is 2. The molecule has 1 aromatic heterocycles. The number of nitrogens with one attached hydrogen (secondary N) is 2. The Balaban J connectivity index is 1.58. The van der Waals surface area contributed by atoms with E-state index in [0.29, 0.717) is 19.1 Å². The highest BCUT2D eigenvalue weighted by atomic mass is 16.2. The molecule has 1 aromatic carbocycles. The molecule has 1 fully saturated rings. The summed E-state index contributed by atoms with van der Waals surface area (Å²) in [7, 11) is 0. The maximum Gasteiger partial charge on any atom is 0.234 e. The van der Waals surface area contributed by atoms with Crippen LogP contribution < -0.4 is 10.6 Å². The molecule has 3 rings (SSSR count). The maximum atomic E-state index is 11.6. The van der Waals surface area contributed by atoms with E-state index in [0.717, 1.165) is 24.1 Å². The molecule has 20 heavy (non-hydrogen) atoms. The van der Waals surface area contributed by atoms with Gasteiger partial charge in [0, 0.05) is 25.0 Å². The van der Waals surface area contributed by atoms with Crippen molar-refractivity contribution in [1.29, 1.82) is 0 Å². The second kappa shape index (κ2) is 5.88. The third kappa shape index (κ3) is 3.24. The summed E-state index contributed by atoms with van der Waals surface area (Å²) in [5.41, 5.74) is 2.16. The zero-order chi connectivity index (χ0) is 13.8. The van der Waals surface area contributed by atoms with Crippen LogP contribution in [-0.2, 0) is 11.3 Å². The second-order valence-electron chi connectivity index (χ2n) is 5.02. The summed E-state index contributed by atoms with van der Waals surface area (Å²) in [5, 5.41) is 10.4. The van der Waals surface area contributed by atoms with Gasteiger partial charge in [0.1, 0.15) is 0 Å². The summed E-state index contributed by atoms with van der Waals surface area (Å²) in [5.74, 6) is 0.0732. The second-order valence-corrected chi connectivity index (χ2v) is 5.02. The molecule has 0 unspecified atom stereocenters. The number of nitrogens with zero attached hydrogens (tertiary/aromatic N) is 2. The molecular formula is C15H18N4O. The van der Waals surface area contributed by atoms with E-state index in [4.69, 9.17) is 0 Å². The van der Waals surface area contributed by atoms with Crippen molar-refractivity contribution in [1.82, 2.24) is 20.4 Å². The van der Waals surface area contributed by atoms with Crippen LogP contribution in [0.2, 0.25) is 0 Å². The lowest BCUT2D eigenvalue weighted by molar-refractivity contribution is -0.120. The number of carbonyl (C=O) groups excluding carboxylic acids is 1.